The standard InChI is InChI=1S/C20H35N/c1-16(8-6-9-17(2)13-15-21)11-12-19-18(3)10-7-14-20(19,4)5/h6,8,11-12,16-17H,7,9-10,13-15,21H2,1-5H3/b8-6+,12-11+. The van der Waals surface area contributed by atoms with Gasteiger partial charge in [0.15, 0.2) is 0 Å². The van der Waals surface area contributed by atoms with Crippen molar-refractivity contribution in [2.45, 2.75) is 66.7 Å². The Morgan fingerprint density at radius 2 is 1.95 bits per heavy atom. The van der Waals surface area contributed by atoms with Gasteiger partial charge >= 0.3 is 0 Å². The topological polar surface area (TPSA) is 26.0 Å². The van der Waals surface area contributed by atoms with Crippen molar-refractivity contribution < 1.29 is 0 Å². The lowest BCUT2D eigenvalue weighted by atomic mass is 9.72. The lowest BCUT2D eigenvalue weighted by Crippen LogP contribution is -2.19. The Morgan fingerprint density at radius 1 is 1.24 bits per heavy atom. The highest BCUT2D eigenvalue weighted by atomic mass is 14.5. The van der Waals surface area contributed by atoms with Gasteiger partial charge in [0, 0.05) is 0 Å². The molecule has 0 aromatic heterocycles. The SMILES string of the molecule is CC1=C(/C=C/C(C)/C=C/CC(C)CCN)C(C)(C)CCC1. The summed E-state index contributed by atoms with van der Waals surface area (Å²) in [6, 6.07) is 0. The van der Waals surface area contributed by atoms with Gasteiger partial charge in [0.2, 0.25) is 0 Å². The molecule has 0 heterocycles. The van der Waals surface area contributed by atoms with E-state index in [1.807, 2.05) is 0 Å². The van der Waals surface area contributed by atoms with Crippen molar-refractivity contribution in [1.29, 1.82) is 0 Å². The maximum absolute atomic E-state index is 5.59. The van der Waals surface area contributed by atoms with Gasteiger partial charge in [-0.05, 0) is 68.4 Å². The molecule has 1 aliphatic carbocycles. The first kappa shape index (κ1) is 18.2. The van der Waals surface area contributed by atoms with Gasteiger partial charge in [-0.3, -0.25) is 0 Å². The van der Waals surface area contributed by atoms with Crippen molar-refractivity contribution in [2.75, 3.05) is 6.54 Å². The first-order valence-electron chi connectivity index (χ1n) is 8.62. The van der Waals surface area contributed by atoms with Crippen molar-refractivity contribution in [3.8, 4) is 0 Å². The molecule has 21 heavy (non-hydrogen) atoms. The van der Waals surface area contributed by atoms with Crippen LogP contribution in [0.2, 0.25) is 0 Å². The number of hydrogen-bond acceptors (Lipinski definition) is 1. The zero-order valence-electron chi connectivity index (χ0n) is 14.8. The molecule has 2 N–H and O–H groups in total. The molecule has 1 rings (SSSR count). The summed E-state index contributed by atoms with van der Waals surface area (Å²) in [6.07, 6.45) is 15.6. The summed E-state index contributed by atoms with van der Waals surface area (Å²) in [7, 11) is 0. The third kappa shape index (κ3) is 6.22. The van der Waals surface area contributed by atoms with E-state index in [-0.39, 0.29) is 0 Å². The first-order chi connectivity index (χ1) is 9.86. The second-order valence-electron chi connectivity index (χ2n) is 7.50. The number of hydrogen-bond donors (Lipinski definition) is 1. The molecule has 0 saturated heterocycles. The van der Waals surface area contributed by atoms with E-state index >= 15 is 0 Å². The van der Waals surface area contributed by atoms with Crippen LogP contribution in [0.1, 0.15) is 66.7 Å². The Balaban J connectivity index is 2.57. The summed E-state index contributed by atoms with van der Waals surface area (Å²) in [5, 5.41) is 0. The third-order valence-electron chi connectivity index (χ3n) is 4.75. The minimum Gasteiger partial charge on any atom is -0.330 e. The highest BCUT2D eigenvalue weighted by molar-refractivity contribution is 5.33. The van der Waals surface area contributed by atoms with Gasteiger partial charge in [-0.1, -0.05) is 57.6 Å². The van der Waals surface area contributed by atoms with Gasteiger partial charge in [0.1, 0.15) is 0 Å². The normalized spacial score (nSPS) is 22.2. The third-order valence-corrected chi connectivity index (χ3v) is 4.75. The highest BCUT2D eigenvalue weighted by Gasteiger charge is 2.26. The van der Waals surface area contributed by atoms with Crippen LogP contribution < -0.4 is 5.73 Å². The molecule has 0 amide bonds. The second-order valence-corrected chi connectivity index (χ2v) is 7.50. The predicted molar refractivity (Wildman–Crippen MR) is 95.2 cm³/mol. The molecular formula is C20H35N. The molecule has 120 valence electrons. The smallest absolute Gasteiger partial charge is 0.00746 e. The van der Waals surface area contributed by atoms with E-state index in [4.69, 9.17) is 5.73 Å². The lowest BCUT2D eigenvalue weighted by molar-refractivity contribution is 0.376. The summed E-state index contributed by atoms with van der Waals surface area (Å²) in [5.74, 6) is 1.21. The maximum Gasteiger partial charge on any atom is -0.00746 e. The molecule has 0 bridgehead atoms. The summed E-state index contributed by atoms with van der Waals surface area (Å²) in [4.78, 5) is 0. The van der Waals surface area contributed by atoms with E-state index in [2.05, 4.69) is 58.9 Å². The molecule has 0 saturated carbocycles. The molecule has 0 aliphatic heterocycles. The van der Waals surface area contributed by atoms with E-state index in [0.29, 0.717) is 17.3 Å². The fourth-order valence-electron chi connectivity index (χ4n) is 3.25. The lowest BCUT2D eigenvalue weighted by Gasteiger charge is -2.33. The van der Waals surface area contributed by atoms with Crippen LogP contribution in [0, 0.1) is 17.3 Å². The van der Waals surface area contributed by atoms with Crippen LogP contribution in [0.25, 0.3) is 0 Å². The van der Waals surface area contributed by atoms with Crippen molar-refractivity contribution >= 4 is 0 Å². The Hall–Kier alpha value is -0.820. The predicted octanol–water partition coefficient (Wildman–Crippen LogP) is 5.64. The average Bonchev–Trinajstić information content (AvgIpc) is 2.37. The van der Waals surface area contributed by atoms with Crippen LogP contribution in [-0.2, 0) is 0 Å². The summed E-state index contributed by atoms with van der Waals surface area (Å²) in [5.41, 5.74) is 9.07. The van der Waals surface area contributed by atoms with E-state index in [9.17, 15) is 0 Å². The van der Waals surface area contributed by atoms with Gasteiger partial charge in [0.05, 0.1) is 0 Å². The van der Waals surface area contributed by atoms with E-state index in [0.717, 1.165) is 19.4 Å². The minimum atomic E-state index is 0.345. The molecule has 0 aromatic rings. The van der Waals surface area contributed by atoms with Crippen LogP contribution in [0.15, 0.2) is 35.5 Å². The van der Waals surface area contributed by atoms with Crippen molar-refractivity contribution in [1.82, 2.24) is 0 Å². The van der Waals surface area contributed by atoms with Crippen molar-refractivity contribution in [3.05, 3.63) is 35.5 Å². The molecule has 2 unspecified atom stereocenters. The fourth-order valence-corrected chi connectivity index (χ4v) is 3.25. The summed E-state index contributed by atoms with van der Waals surface area (Å²) < 4.78 is 0. The largest absolute Gasteiger partial charge is 0.330 e. The van der Waals surface area contributed by atoms with Crippen molar-refractivity contribution in [2.24, 2.45) is 23.0 Å². The Morgan fingerprint density at radius 3 is 2.57 bits per heavy atom. The zero-order chi connectivity index (χ0) is 15.9. The van der Waals surface area contributed by atoms with Gasteiger partial charge in [0.25, 0.3) is 0 Å². The van der Waals surface area contributed by atoms with Gasteiger partial charge < -0.3 is 5.73 Å². The Bertz CT molecular complexity index is 398. The summed E-state index contributed by atoms with van der Waals surface area (Å²) in [6.45, 7) is 12.4. The number of allylic oxidation sites excluding steroid dienone is 6. The molecule has 2 atom stereocenters. The molecule has 0 radical (unpaired) electrons. The molecule has 0 aromatic carbocycles. The minimum absolute atomic E-state index is 0.345. The number of nitrogens with two attached hydrogens (primary N) is 1. The van der Waals surface area contributed by atoms with Crippen LogP contribution in [0.4, 0.5) is 0 Å². The summed E-state index contributed by atoms with van der Waals surface area (Å²) >= 11 is 0. The monoisotopic (exact) mass is 289 g/mol. The van der Waals surface area contributed by atoms with Crippen molar-refractivity contribution in [3.63, 3.8) is 0 Å². The van der Waals surface area contributed by atoms with E-state index < -0.39 is 0 Å². The molecule has 1 aliphatic rings. The maximum atomic E-state index is 5.59. The quantitative estimate of drug-likeness (QED) is 0.603. The molecule has 1 heteroatoms. The van der Waals surface area contributed by atoms with Gasteiger partial charge in [-0.25, -0.2) is 0 Å². The Kier molecular flexibility index (Phi) is 7.45. The van der Waals surface area contributed by atoms with Crippen LogP contribution in [0.3, 0.4) is 0 Å². The van der Waals surface area contributed by atoms with Gasteiger partial charge in [-0.2, -0.15) is 0 Å². The Labute approximate surface area is 132 Å². The highest BCUT2D eigenvalue weighted by Crippen LogP contribution is 2.40. The zero-order valence-corrected chi connectivity index (χ0v) is 14.8. The number of rotatable bonds is 7. The van der Waals surface area contributed by atoms with Crippen LogP contribution >= 0.6 is 0 Å². The van der Waals surface area contributed by atoms with Crippen LogP contribution in [0.5, 0.6) is 0 Å². The first-order valence-corrected chi connectivity index (χ1v) is 8.62. The van der Waals surface area contributed by atoms with E-state index in [1.165, 1.54) is 19.3 Å². The molecule has 0 spiro atoms. The van der Waals surface area contributed by atoms with Gasteiger partial charge in [-0.15, -0.1) is 0 Å². The molecule has 1 nitrogen and oxygen atoms in total. The molecular weight excluding hydrogens is 254 g/mol. The fraction of sp³-hybridized carbons (Fsp3) is 0.700. The average molecular weight is 290 g/mol. The van der Waals surface area contributed by atoms with Crippen LogP contribution in [-0.4, -0.2) is 6.54 Å². The van der Waals surface area contributed by atoms with E-state index in [1.54, 1.807) is 11.1 Å². The molecule has 0 fully saturated rings. The second kappa shape index (κ2) is 8.58.